The van der Waals surface area contributed by atoms with Gasteiger partial charge in [-0.2, -0.15) is 0 Å². The molecule has 198 valence electrons. The van der Waals surface area contributed by atoms with Crippen molar-refractivity contribution in [3.63, 3.8) is 0 Å². The van der Waals surface area contributed by atoms with Gasteiger partial charge in [0, 0.05) is 37.2 Å². The first-order valence-electron chi connectivity index (χ1n) is 13.7. The minimum atomic E-state index is -0.809. The molecule has 0 saturated carbocycles. The third kappa shape index (κ3) is 5.84. The number of ether oxygens (including phenoxy) is 2. The molecule has 2 heterocycles. The summed E-state index contributed by atoms with van der Waals surface area (Å²) in [4.78, 5) is 13.7. The van der Waals surface area contributed by atoms with E-state index in [-0.39, 0.29) is 12.3 Å². The normalized spacial score (nSPS) is 16.3. The number of carboxylic acid groups (broad SMARTS) is 1. The highest BCUT2D eigenvalue weighted by Crippen LogP contribution is 2.38. The number of aliphatic carboxylic acids is 1. The lowest BCUT2D eigenvalue weighted by Gasteiger charge is -2.30. The van der Waals surface area contributed by atoms with Gasteiger partial charge in [0.25, 0.3) is 0 Å². The molecule has 4 aromatic rings. The minimum absolute atomic E-state index is 0.0783. The average Bonchev–Trinajstić information content (AvgIpc) is 3.36. The second kappa shape index (κ2) is 11.3. The summed E-state index contributed by atoms with van der Waals surface area (Å²) in [5, 5.41) is 9.12. The molecule has 1 atom stereocenters. The first kappa shape index (κ1) is 25.2. The highest BCUT2D eigenvalue weighted by molar-refractivity contribution is 5.70. The maximum atomic E-state index is 11.1. The predicted molar refractivity (Wildman–Crippen MR) is 152 cm³/mol. The zero-order valence-corrected chi connectivity index (χ0v) is 22.0. The van der Waals surface area contributed by atoms with Gasteiger partial charge in [-0.3, -0.25) is 9.69 Å². The summed E-state index contributed by atoms with van der Waals surface area (Å²) in [7, 11) is 0. The van der Waals surface area contributed by atoms with Crippen molar-refractivity contribution >= 4 is 5.97 Å². The summed E-state index contributed by atoms with van der Waals surface area (Å²) in [6, 6.07) is 31.7. The predicted octanol–water partition coefficient (Wildman–Crippen LogP) is 6.48. The third-order valence-electron chi connectivity index (χ3n) is 7.83. The molecule has 0 unspecified atom stereocenters. The fourth-order valence-corrected chi connectivity index (χ4v) is 5.78. The number of fused-ring (bicyclic) bond motifs is 2. The van der Waals surface area contributed by atoms with Gasteiger partial charge in [0.05, 0.1) is 13.0 Å². The minimum Gasteiger partial charge on any atom is -0.492 e. The molecular weight excluding hydrogens is 486 g/mol. The van der Waals surface area contributed by atoms with E-state index in [1.165, 1.54) is 27.8 Å². The fraction of sp³-hybridized carbons (Fsp3) is 0.265. The molecular formula is C34H33NO4. The SMILES string of the molecule is O=C(O)C[C@@H]1COc2cc(OCc3cccc(-c4cccc5c4CCN(CCc4ccccc4)C5)c3)ccc21. The Balaban J connectivity index is 1.11. The molecule has 5 heteroatoms. The van der Waals surface area contributed by atoms with Crippen LogP contribution in [-0.2, 0) is 30.8 Å². The van der Waals surface area contributed by atoms with Gasteiger partial charge in [0.2, 0.25) is 0 Å². The summed E-state index contributed by atoms with van der Waals surface area (Å²) in [5.74, 6) is 0.539. The van der Waals surface area contributed by atoms with Crippen molar-refractivity contribution in [2.24, 2.45) is 0 Å². The fourth-order valence-electron chi connectivity index (χ4n) is 5.78. The Labute approximate surface area is 229 Å². The van der Waals surface area contributed by atoms with E-state index < -0.39 is 5.97 Å². The van der Waals surface area contributed by atoms with Gasteiger partial charge in [0.1, 0.15) is 18.1 Å². The molecule has 39 heavy (non-hydrogen) atoms. The standard InChI is InChI=1S/C34H33NO4/c36-34(37)19-28-23-39-33-20-29(12-13-32(28)33)38-22-25-8-4-9-26(18-25)30-11-5-10-27-21-35(17-15-31(27)30)16-14-24-6-2-1-3-7-24/h1-13,18,20,28H,14-17,19,21-23H2,(H,36,37)/t28-/m1/s1. The van der Waals surface area contributed by atoms with Crippen LogP contribution in [0.2, 0.25) is 0 Å². The van der Waals surface area contributed by atoms with Crippen LogP contribution in [0.4, 0.5) is 0 Å². The summed E-state index contributed by atoms with van der Waals surface area (Å²) < 4.78 is 11.8. The maximum Gasteiger partial charge on any atom is 0.304 e. The highest BCUT2D eigenvalue weighted by atomic mass is 16.5. The number of carbonyl (C=O) groups is 1. The van der Waals surface area contributed by atoms with Gasteiger partial charge in [-0.25, -0.2) is 0 Å². The van der Waals surface area contributed by atoms with Crippen molar-refractivity contribution in [1.82, 2.24) is 4.90 Å². The van der Waals surface area contributed by atoms with Crippen LogP contribution in [0.3, 0.4) is 0 Å². The molecule has 0 bridgehead atoms. The highest BCUT2D eigenvalue weighted by Gasteiger charge is 2.26. The largest absolute Gasteiger partial charge is 0.492 e. The molecule has 1 N–H and O–H groups in total. The second-order valence-electron chi connectivity index (χ2n) is 10.5. The topological polar surface area (TPSA) is 59.0 Å². The summed E-state index contributed by atoms with van der Waals surface area (Å²) in [6.07, 6.45) is 2.21. The molecule has 0 spiro atoms. The Morgan fingerprint density at radius 1 is 0.949 bits per heavy atom. The van der Waals surface area contributed by atoms with E-state index in [9.17, 15) is 4.79 Å². The van der Waals surface area contributed by atoms with Crippen LogP contribution < -0.4 is 9.47 Å². The Bertz CT molecular complexity index is 1470. The van der Waals surface area contributed by atoms with Crippen molar-refractivity contribution in [3.8, 4) is 22.6 Å². The van der Waals surface area contributed by atoms with Crippen molar-refractivity contribution in [2.45, 2.75) is 38.3 Å². The second-order valence-corrected chi connectivity index (χ2v) is 10.5. The number of hydrogen-bond acceptors (Lipinski definition) is 4. The Kier molecular flexibility index (Phi) is 7.33. The summed E-state index contributed by atoms with van der Waals surface area (Å²) >= 11 is 0. The van der Waals surface area contributed by atoms with E-state index in [0.29, 0.717) is 13.2 Å². The Morgan fingerprint density at radius 3 is 2.67 bits per heavy atom. The van der Waals surface area contributed by atoms with E-state index in [0.717, 1.165) is 55.1 Å². The van der Waals surface area contributed by atoms with Gasteiger partial charge in [0.15, 0.2) is 0 Å². The molecule has 0 fully saturated rings. The molecule has 2 aliphatic rings. The molecule has 5 nitrogen and oxygen atoms in total. The zero-order valence-electron chi connectivity index (χ0n) is 22.0. The maximum absolute atomic E-state index is 11.1. The van der Waals surface area contributed by atoms with Crippen LogP contribution in [0.15, 0.2) is 91.0 Å². The van der Waals surface area contributed by atoms with Crippen molar-refractivity contribution < 1.29 is 19.4 Å². The average molecular weight is 520 g/mol. The molecule has 0 amide bonds. The smallest absolute Gasteiger partial charge is 0.304 e. The Hall–Kier alpha value is -4.09. The number of benzene rings is 4. The lowest BCUT2D eigenvalue weighted by Crippen LogP contribution is -2.32. The van der Waals surface area contributed by atoms with Gasteiger partial charge < -0.3 is 14.6 Å². The van der Waals surface area contributed by atoms with E-state index in [2.05, 4.69) is 77.7 Å². The van der Waals surface area contributed by atoms with Crippen molar-refractivity contribution in [1.29, 1.82) is 0 Å². The van der Waals surface area contributed by atoms with Crippen LogP contribution in [0.5, 0.6) is 11.5 Å². The zero-order chi connectivity index (χ0) is 26.6. The molecule has 6 rings (SSSR count). The quantitative estimate of drug-likeness (QED) is 0.274. The first-order chi connectivity index (χ1) is 19.1. The van der Waals surface area contributed by atoms with Gasteiger partial charge >= 0.3 is 5.97 Å². The molecule has 0 aliphatic carbocycles. The van der Waals surface area contributed by atoms with Crippen LogP contribution in [0.1, 0.15) is 40.2 Å². The van der Waals surface area contributed by atoms with Gasteiger partial charge in [-0.05, 0) is 58.4 Å². The van der Waals surface area contributed by atoms with Crippen LogP contribution >= 0.6 is 0 Å². The van der Waals surface area contributed by atoms with Crippen molar-refractivity contribution in [3.05, 3.63) is 119 Å². The van der Waals surface area contributed by atoms with E-state index in [1.54, 1.807) is 0 Å². The van der Waals surface area contributed by atoms with Crippen LogP contribution in [0, 0.1) is 0 Å². The molecule has 0 aromatic heterocycles. The van der Waals surface area contributed by atoms with E-state index in [1.807, 2.05) is 18.2 Å². The number of rotatable bonds is 9. The lowest BCUT2D eigenvalue weighted by molar-refractivity contribution is -0.137. The van der Waals surface area contributed by atoms with E-state index in [4.69, 9.17) is 14.6 Å². The summed E-state index contributed by atoms with van der Waals surface area (Å²) in [5.41, 5.74) is 8.86. The number of nitrogens with zero attached hydrogens (tertiary/aromatic N) is 1. The first-order valence-corrected chi connectivity index (χ1v) is 13.7. The Morgan fingerprint density at radius 2 is 1.79 bits per heavy atom. The number of hydrogen-bond donors (Lipinski definition) is 1. The van der Waals surface area contributed by atoms with Crippen molar-refractivity contribution in [2.75, 3.05) is 19.7 Å². The molecule has 0 saturated heterocycles. The molecule has 4 aromatic carbocycles. The van der Waals surface area contributed by atoms with Gasteiger partial charge in [-0.15, -0.1) is 0 Å². The molecule has 2 aliphatic heterocycles. The lowest BCUT2D eigenvalue weighted by atomic mass is 9.90. The summed E-state index contributed by atoms with van der Waals surface area (Å²) in [6.45, 7) is 4.00. The van der Waals surface area contributed by atoms with Crippen LogP contribution in [-0.4, -0.2) is 35.7 Å². The molecule has 0 radical (unpaired) electrons. The van der Waals surface area contributed by atoms with Crippen LogP contribution in [0.25, 0.3) is 11.1 Å². The third-order valence-corrected chi connectivity index (χ3v) is 7.83. The monoisotopic (exact) mass is 519 g/mol. The van der Waals surface area contributed by atoms with E-state index >= 15 is 0 Å². The van der Waals surface area contributed by atoms with Gasteiger partial charge in [-0.1, -0.05) is 72.8 Å². The number of carboxylic acids is 1.